The van der Waals surface area contributed by atoms with Crippen molar-refractivity contribution < 1.29 is 10.2 Å². The standard InChI is InChI=1S/C30H50O2/c1-25(2)13-14-27(5)15-16-28(6)19(20(27)18-25)9-10-22-29(28,7)12-11-21-26(3,4)23(31)17-24(32)30(21,22)8/h9,20-24,31-32H,10-18H2,1-8H3/t20-,21-,22-,23-,24+,27+,28+,29+,30-/m0/s1. The first-order valence-corrected chi connectivity index (χ1v) is 13.7. The highest BCUT2D eigenvalue weighted by Gasteiger charge is 2.69. The van der Waals surface area contributed by atoms with Crippen molar-refractivity contribution >= 4 is 0 Å². The number of hydrogen-bond donors (Lipinski definition) is 2. The van der Waals surface area contributed by atoms with Gasteiger partial charge in [0.15, 0.2) is 0 Å². The van der Waals surface area contributed by atoms with Gasteiger partial charge in [0, 0.05) is 11.8 Å². The summed E-state index contributed by atoms with van der Waals surface area (Å²) in [6.07, 6.45) is 12.7. The Morgan fingerprint density at radius 3 is 2.12 bits per heavy atom. The van der Waals surface area contributed by atoms with Crippen LogP contribution in [0, 0.1) is 50.2 Å². The quantitative estimate of drug-likeness (QED) is 0.391. The van der Waals surface area contributed by atoms with Crippen LogP contribution in [0.1, 0.15) is 113 Å². The molecule has 4 saturated carbocycles. The number of hydrogen-bond acceptors (Lipinski definition) is 2. The Labute approximate surface area is 197 Å². The zero-order valence-electron chi connectivity index (χ0n) is 22.2. The van der Waals surface area contributed by atoms with Crippen LogP contribution in [0.4, 0.5) is 0 Å². The van der Waals surface area contributed by atoms with Crippen LogP contribution < -0.4 is 0 Å². The molecule has 9 atom stereocenters. The maximum atomic E-state index is 11.5. The summed E-state index contributed by atoms with van der Waals surface area (Å²) in [5.74, 6) is 1.60. The fourth-order valence-electron chi connectivity index (χ4n) is 10.4. The van der Waals surface area contributed by atoms with Crippen molar-refractivity contribution in [1.82, 2.24) is 0 Å². The second-order valence-electron chi connectivity index (χ2n) is 15.3. The summed E-state index contributed by atoms with van der Waals surface area (Å²) in [5, 5.41) is 22.4. The molecule has 32 heavy (non-hydrogen) atoms. The first kappa shape index (κ1) is 23.4. The molecule has 5 rings (SSSR count). The topological polar surface area (TPSA) is 40.5 Å². The molecule has 0 amide bonds. The van der Waals surface area contributed by atoms with E-state index in [4.69, 9.17) is 0 Å². The molecule has 0 radical (unpaired) electrons. The van der Waals surface area contributed by atoms with Crippen molar-refractivity contribution in [2.24, 2.45) is 50.2 Å². The van der Waals surface area contributed by atoms with Crippen LogP contribution in [0.15, 0.2) is 11.6 Å². The molecular weight excluding hydrogens is 392 g/mol. The van der Waals surface area contributed by atoms with Crippen molar-refractivity contribution in [3.8, 4) is 0 Å². The lowest BCUT2D eigenvalue weighted by molar-refractivity contribution is -0.243. The third-order valence-corrected chi connectivity index (χ3v) is 13.2. The molecule has 4 fully saturated rings. The van der Waals surface area contributed by atoms with E-state index in [-0.39, 0.29) is 21.7 Å². The molecule has 0 aliphatic heterocycles. The Bertz CT molecular complexity index is 825. The second-order valence-corrected chi connectivity index (χ2v) is 15.3. The molecule has 5 aliphatic carbocycles. The van der Waals surface area contributed by atoms with Gasteiger partial charge in [-0.1, -0.05) is 67.0 Å². The average molecular weight is 443 g/mol. The Morgan fingerprint density at radius 2 is 1.44 bits per heavy atom. The molecule has 5 aliphatic rings. The molecule has 0 bridgehead atoms. The zero-order valence-corrected chi connectivity index (χ0v) is 22.2. The van der Waals surface area contributed by atoms with Gasteiger partial charge in [0.2, 0.25) is 0 Å². The smallest absolute Gasteiger partial charge is 0.0624 e. The highest BCUT2D eigenvalue weighted by molar-refractivity contribution is 5.33. The number of rotatable bonds is 0. The van der Waals surface area contributed by atoms with E-state index < -0.39 is 12.2 Å². The summed E-state index contributed by atoms with van der Waals surface area (Å²) in [5.41, 5.74) is 2.94. The summed E-state index contributed by atoms with van der Waals surface area (Å²) < 4.78 is 0. The van der Waals surface area contributed by atoms with Gasteiger partial charge in [0.25, 0.3) is 0 Å². The summed E-state index contributed by atoms with van der Waals surface area (Å²) in [6.45, 7) is 19.7. The molecular formula is C30H50O2. The van der Waals surface area contributed by atoms with Crippen LogP contribution in [-0.4, -0.2) is 22.4 Å². The molecule has 2 heteroatoms. The highest BCUT2D eigenvalue weighted by Crippen LogP contribution is 2.75. The Balaban J connectivity index is 1.60. The summed E-state index contributed by atoms with van der Waals surface area (Å²) in [7, 11) is 0. The fraction of sp³-hybridized carbons (Fsp3) is 0.933. The molecule has 0 spiro atoms. The number of allylic oxidation sites excluding steroid dienone is 2. The van der Waals surface area contributed by atoms with Crippen molar-refractivity contribution in [2.75, 3.05) is 0 Å². The predicted octanol–water partition coefficient (Wildman–Crippen LogP) is 7.14. The fourth-order valence-corrected chi connectivity index (χ4v) is 10.4. The first-order valence-electron chi connectivity index (χ1n) is 13.7. The van der Waals surface area contributed by atoms with E-state index in [1.165, 1.54) is 38.5 Å². The third-order valence-electron chi connectivity index (χ3n) is 13.2. The van der Waals surface area contributed by atoms with Gasteiger partial charge in [0.1, 0.15) is 0 Å². The van der Waals surface area contributed by atoms with Gasteiger partial charge < -0.3 is 10.2 Å². The Kier molecular flexibility index (Phi) is 4.87. The van der Waals surface area contributed by atoms with Crippen LogP contribution in [0.3, 0.4) is 0 Å². The van der Waals surface area contributed by atoms with Gasteiger partial charge in [-0.2, -0.15) is 0 Å². The largest absolute Gasteiger partial charge is 0.392 e. The SMILES string of the molecule is CC1(C)CC[C@]2(C)CC[C@]3(C)C(=CC[C@@H]4[C@@]5(C)[C@H](O)C[C@H](O)C(C)(C)[C@@H]5CC[C@]43C)[C@@H]2C1. The van der Waals surface area contributed by atoms with E-state index in [2.05, 4.69) is 61.5 Å². The van der Waals surface area contributed by atoms with E-state index >= 15 is 0 Å². The van der Waals surface area contributed by atoms with Crippen LogP contribution >= 0.6 is 0 Å². The Hall–Kier alpha value is -0.340. The summed E-state index contributed by atoms with van der Waals surface area (Å²) in [4.78, 5) is 0. The van der Waals surface area contributed by atoms with Crippen molar-refractivity contribution in [1.29, 1.82) is 0 Å². The van der Waals surface area contributed by atoms with Gasteiger partial charge in [-0.25, -0.2) is 0 Å². The van der Waals surface area contributed by atoms with Crippen LogP contribution in [-0.2, 0) is 0 Å². The van der Waals surface area contributed by atoms with Crippen LogP contribution in [0.25, 0.3) is 0 Å². The molecule has 182 valence electrons. The minimum Gasteiger partial charge on any atom is -0.392 e. The minimum absolute atomic E-state index is 0.118. The van der Waals surface area contributed by atoms with Crippen LogP contribution in [0.2, 0.25) is 0 Å². The number of aliphatic hydroxyl groups is 2. The summed E-state index contributed by atoms with van der Waals surface area (Å²) in [6, 6.07) is 0. The van der Waals surface area contributed by atoms with Gasteiger partial charge in [-0.05, 0) is 96.2 Å². The lowest BCUT2D eigenvalue weighted by atomic mass is 9.33. The van der Waals surface area contributed by atoms with Crippen molar-refractivity contribution in [3.63, 3.8) is 0 Å². The Morgan fingerprint density at radius 1 is 0.781 bits per heavy atom. The molecule has 0 aromatic carbocycles. The lowest BCUT2D eigenvalue weighted by Crippen LogP contribution is -2.68. The number of aliphatic hydroxyl groups excluding tert-OH is 2. The average Bonchev–Trinajstić information content (AvgIpc) is 2.68. The van der Waals surface area contributed by atoms with Gasteiger partial charge in [-0.3, -0.25) is 0 Å². The van der Waals surface area contributed by atoms with E-state index in [9.17, 15) is 10.2 Å². The maximum Gasteiger partial charge on any atom is 0.0624 e. The van der Waals surface area contributed by atoms with E-state index in [1.807, 2.05) is 0 Å². The molecule has 0 aromatic rings. The first-order chi connectivity index (χ1) is 14.6. The van der Waals surface area contributed by atoms with Gasteiger partial charge in [0.05, 0.1) is 12.2 Å². The van der Waals surface area contributed by atoms with Gasteiger partial charge >= 0.3 is 0 Å². The molecule has 0 aromatic heterocycles. The molecule has 0 heterocycles. The van der Waals surface area contributed by atoms with E-state index in [1.54, 1.807) is 5.57 Å². The van der Waals surface area contributed by atoms with E-state index in [0.29, 0.717) is 29.1 Å². The second kappa shape index (κ2) is 6.66. The highest BCUT2D eigenvalue weighted by atomic mass is 16.3. The van der Waals surface area contributed by atoms with Crippen LogP contribution in [0.5, 0.6) is 0 Å². The minimum atomic E-state index is -0.402. The lowest BCUT2D eigenvalue weighted by Gasteiger charge is -2.72. The monoisotopic (exact) mass is 442 g/mol. The molecule has 2 nitrogen and oxygen atoms in total. The maximum absolute atomic E-state index is 11.5. The molecule has 2 N–H and O–H groups in total. The van der Waals surface area contributed by atoms with Crippen molar-refractivity contribution in [3.05, 3.63) is 11.6 Å². The van der Waals surface area contributed by atoms with Crippen molar-refractivity contribution in [2.45, 2.75) is 125 Å². The number of fused-ring (bicyclic) bond motifs is 7. The normalized spacial score (nSPS) is 56.2. The predicted molar refractivity (Wildman–Crippen MR) is 132 cm³/mol. The zero-order chi connectivity index (χ0) is 23.5. The molecule has 0 unspecified atom stereocenters. The third kappa shape index (κ3) is 2.72. The molecule has 0 saturated heterocycles. The summed E-state index contributed by atoms with van der Waals surface area (Å²) >= 11 is 0. The van der Waals surface area contributed by atoms with E-state index in [0.717, 1.165) is 18.8 Å². The van der Waals surface area contributed by atoms with Gasteiger partial charge in [-0.15, -0.1) is 0 Å².